The zero-order valence-electron chi connectivity index (χ0n) is 20.9. The summed E-state index contributed by atoms with van der Waals surface area (Å²) in [7, 11) is 1.58. The average molecular weight is 479 g/mol. The van der Waals surface area contributed by atoms with E-state index in [-0.39, 0.29) is 25.0 Å². The number of carbonyl (C=O) groups excluding carboxylic acids is 1. The van der Waals surface area contributed by atoms with Gasteiger partial charge in [-0.2, -0.15) is 0 Å². The maximum atomic E-state index is 12.8. The minimum absolute atomic E-state index is 0.0969. The molecule has 1 fully saturated rings. The maximum absolute atomic E-state index is 12.8. The Morgan fingerprint density at radius 2 is 1.77 bits per heavy atom. The van der Waals surface area contributed by atoms with Crippen LogP contribution in [0.3, 0.4) is 0 Å². The first-order valence-corrected chi connectivity index (χ1v) is 12.2. The predicted molar refractivity (Wildman–Crippen MR) is 133 cm³/mol. The highest BCUT2D eigenvalue weighted by Crippen LogP contribution is 2.52. The van der Waals surface area contributed by atoms with Crippen LogP contribution in [0, 0.1) is 11.3 Å². The van der Waals surface area contributed by atoms with Crippen molar-refractivity contribution < 1.29 is 24.2 Å². The summed E-state index contributed by atoms with van der Waals surface area (Å²) in [4.78, 5) is 25.4. The molecule has 186 valence electrons. The van der Waals surface area contributed by atoms with Gasteiger partial charge in [0.25, 0.3) is 5.91 Å². The Morgan fingerprint density at radius 3 is 2.37 bits per heavy atom. The highest BCUT2D eigenvalue weighted by atomic mass is 16.5. The van der Waals surface area contributed by atoms with Crippen molar-refractivity contribution in [2.75, 3.05) is 13.7 Å². The topological polar surface area (TPSA) is 88.4 Å². The lowest BCUT2D eigenvalue weighted by molar-refractivity contribution is -0.152. The fraction of sp³-hybridized carbons (Fsp3) is 0.464. The number of methoxy groups -OCH3 is 1. The molecule has 1 unspecified atom stereocenters. The van der Waals surface area contributed by atoms with E-state index in [9.17, 15) is 14.7 Å². The molecule has 0 spiro atoms. The van der Waals surface area contributed by atoms with E-state index in [2.05, 4.69) is 5.10 Å². The van der Waals surface area contributed by atoms with E-state index in [0.717, 1.165) is 36.8 Å². The standard InChI is InChI=1S/C28H34N2O5/c1-27(2,3)28(26(32)33,20-9-5-6-10-20)21-15-13-19(14-16-21)17-30-24(31)18-35-25(29-30)22-11-7-8-12-23(22)34-4/h7-8,11-16,20H,5-6,9-10,17-18H2,1-4H3,(H,32,33). The van der Waals surface area contributed by atoms with Crippen molar-refractivity contribution in [3.05, 3.63) is 65.2 Å². The highest BCUT2D eigenvalue weighted by molar-refractivity contribution is 6.00. The number of amides is 1. The summed E-state index contributed by atoms with van der Waals surface area (Å²) in [5, 5.41) is 16.4. The van der Waals surface area contributed by atoms with E-state index in [1.165, 1.54) is 5.01 Å². The van der Waals surface area contributed by atoms with Crippen molar-refractivity contribution in [2.24, 2.45) is 16.4 Å². The van der Waals surface area contributed by atoms with Gasteiger partial charge in [0.05, 0.1) is 19.2 Å². The molecule has 1 N–H and O–H groups in total. The molecule has 1 amide bonds. The minimum atomic E-state index is -0.966. The Labute approximate surface area is 206 Å². The van der Waals surface area contributed by atoms with Gasteiger partial charge in [-0.05, 0) is 47.4 Å². The lowest BCUT2D eigenvalue weighted by Crippen LogP contribution is -2.52. The number of ether oxygens (including phenoxy) is 2. The Kier molecular flexibility index (Phi) is 6.88. The summed E-state index contributed by atoms with van der Waals surface area (Å²) in [5.41, 5.74) is 0.942. The second-order valence-electron chi connectivity index (χ2n) is 10.4. The lowest BCUT2D eigenvalue weighted by Gasteiger charge is -2.46. The average Bonchev–Trinajstić information content (AvgIpc) is 3.35. The van der Waals surface area contributed by atoms with E-state index < -0.39 is 16.8 Å². The van der Waals surface area contributed by atoms with Crippen LogP contribution in [0.5, 0.6) is 5.75 Å². The molecule has 1 aliphatic heterocycles. The molecule has 0 saturated heterocycles. The van der Waals surface area contributed by atoms with Gasteiger partial charge in [0.15, 0.2) is 6.61 Å². The molecule has 0 aromatic heterocycles. The number of nitrogens with zero attached hydrogens (tertiary/aromatic N) is 2. The summed E-state index contributed by atoms with van der Waals surface area (Å²) in [6.07, 6.45) is 3.99. The number of aliphatic carboxylic acids is 1. The molecule has 4 rings (SSSR count). The molecular formula is C28H34N2O5. The zero-order chi connectivity index (χ0) is 25.2. The molecular weight excluding hydrogens is 444 g/mol. The number of hydrogen-bond donors (Lipinski definition) is 1. The third-order valence-electron chi connectivity index (χ3n) is 7.40. The van der Waals surface area contributed by atoms with Crippen molar-refractivity contribution in [1.82, 2.24) is 5.01 Å². The fourth-order valence-electron chi connectivity index (χ4n) is 5.78. The van der Waals surface area contributed by atoms with Crippen LogP contribution >= 0.6 is 0 Å². The first-order valence-electron chi connectivity index (χ1n) is 12.2. The van der Waals surface area contributed by atoms with Gasteiger partial charge >= 0.3 is 5.97 Å². The number of carboxylic acids is 1. The summed E-state index contributed by atoms with van der Waals surface area (Å²) < 4.78 is 11.0. The minimum Gasteiger partial charge on any atom is -0.496 e. The van der Waals surface area contributed by atoms with Crippen LogP contribution in [0.2, 0.25) is 0 Å². The second kappa shape index (κ2) is 9.72. The number of carbonyl (C=O) groups is 2. The Bertz CT molecular complexity index is 1110. The van der Waals surface area contributed by atoms with Crippen molar-refractivity contribution in [1.29, 1.82) is 0 Å². The molecule has 2 aliphatic rings. The molecule has 7 heteroatoms. The Hall–Kier alpha value is -3.35. The van der Waals surface area contributed by atoms with Gasteiger partial charge in [0, 0.05) is 0 Å². The highest BCUT2D eigenvalue weighted by Gasteiger charge is 2.55. The fourth-order valence-corrected chi connectivity index (χ4v) is 5.78. The van der Waals surface area contributed by atoms with E-state index >= 15 is 0 Å². The van der Waals surface area contributed by atoms with E-state index in [1.807, 2.05) is 69.3 Å². The van der Waals surface area contributed by atoms with Gasteiger partial charge < -0.3 is 14.6 Å². The molecule has 7 nitrogen and oxygen atoms in total. The summed E-state index contributed by atoms with van der Waals surface area (Å²) in [6, 6.07) is 15.0. The van der Waals surface area contributed by atoms with E-state index in [1.54, 1.807) is 7.11 Å². The van der Waals surface area contributed by atoms with Crippen molar-refractivity contribution >= 4 is 17.8 Å². The summed E-state index contributed by atoms with van der Waals surface area (Å²) in [6.45, 7) is 6.22. The summed E-state index contributed by atoms with van der Waals surface area (Å²) >= 11 is 0. The Morgan fingerprint density at radius 1 is 1.11 bits per heavy atom. The van der Waals surface area contributed by atoms with E-state index in [0.29, 0.717) is 17.2 Å². The zero-order valence-corrected chi connectivity index (χ0v) is 20.9. The first-order chi connectivity index (χ1) is 16.7. The number of rotatable bonds is 7. The maximum Gasteiger partial charge on any atom is 0.314 e. The van der Waals surface area contributed by atoms with Crippen molar-refractivity contribution in [2.45, 2.75) is 58.4 Å². The lowest BCUT2D eigenvalue weighted by atomic mass is 9.55. The summed E-state index contributed by atoms with van der Waals surface area (Å²) in [5.74, 6) is 0.0357. The molecule has 2 aromatic rings. The van der Waals surface area contributed by atoms with Gasteiger partial charge in [-0.25, -0.2) is 5.01 Å². The second-order valence-corrected chi connectivity index (χ2v) is 10.4. The van der Waals surface area contributed by atoms with Crippen molar-refractivity contribution in [3.63, 3.8) is 0 Å². The molecule has 0 radical (unpaired) electrons. The SMILES string of the molecule is COc1ccccc1C1=NN(Cc2ccc(C(C(=O)O)(C3CCCC3)C(C)(C)C)cc2)C(=O)CO1. The Balaban J connectivity index is 1.63. The van der Waals surface area contributed by atoms with Gasteiger partial charge in [-0.3, -0.25) is 9.59 Å². The van der Waals surface area contributed by atoms with Gasteiger partial charge in [0.2, 0.25) is 5.90 Å². The number of benzene rings is 2. The molecule has 1 aliphatic carbocycles. The largest absolute Gasteiger partial charge is 0.496 e. The van der Waals surface area contributed by atoms with Gasteiger partial charge in [0.1, 0.15) is 11.2 Å². The van der Waals surface area contributed by atoms with Crippen LogP contribution in [0.4, 0.5) is 0 Å². The van der Waals surface area contributed by atoms with Crippen LogP contribution in [0.15, 0.2) is 53.6 Å². The van der Waals surface area contributed by atoms with Crippen LogP contribution in [0.1, 0.15) is 63.1 Å². The smallest absolute Gasteiger partial charge is 0.314 e. The normalized spacial score (nSPS) is 18.6. The number of carboxylic acid groups (broad SMARTS) is 1. The predicted octanol–water partition coefficient (Wildman–Crippen LogP) is 4.97. The monoisotopic (exact) mass is 478 g/mol. The molecule has 1 atom stereocenters. The van der Waals surface area contributed by atoms with Crippen molar-refractivity contribution in [3.8, 4) is 5.75 Å². The third kappa shape index (κ3) is 4.51. The molecule has 1 saturated carbocycles. The number of para-hydroxylation sites is 1. The van der Waals surface area contributed by atoms with Crippen LogP contribution < -0.4 is 4.74 Å². The molecule has 35 heavy (non-hydrogen) atoms. The van der Waals surface area contributed by atoms with Gasteiger partial charge in [-0.1, -0.05) is 70.0 Å². The van der Waals surface area contributed by atoms with Crippen LogP contribution in [-0.2, 0) is 26.3 Å². The number of hydrogen-bond acceptors (Lipinski definition) is 5. The number of hydrazone groups is 1. The van der Waals surface area contributed by atoms with Gasteiger partial charge in [-0.15, -0.1) is 5.10 Å². The molecule has 2 aromatic carbocycles. The van der Waals surface area contributed by atoms with Crippen LogP contribution in [-0.4, -0.2) is 41.6 Å². The van der Waals surface area contributed by atoms with Crippen LogP contribution in [0.25, 0.3) is 0 Å². The quantitative estimate of drug-likeness (QED) is 0.607. The first kappa shape index (κ1) is 24.8. The molecule has 1 heterocycles. The third-order valence-corrected chi connectivity index (χ3v) is 7.40. The van der Waals surface area contributed by atoms with E-state index in [4.69, 9.17) is 9.47 Å². The molecule has 0 bridgehead atoms.